The van der Waals surface area contributed by atoms with Gasteiger partial charge in [0, 0.05) is 12.6 Å². The maximum atomic E-state index is 9.93. The second-order valence-corrected chi connectivity index (χ2v) is 6.89. The lowest BCUT2D eigenvalue weighted by Crippen LogP contribution is -2.24. The van der Waals surface area contributed by atoms with Crippen molar-refractivity contribution >= 4 is 5.95 Å². The number of nitrogen functional groups attached to an aromatic ring is 1. The minimum Gasteiger partial charge on any atom is -0.477 e. The van der Waals surface area contributed by atoms with Crippen molar-refractivity contribution in [2.75, 3.05) is 18.9 Å². The van der Waals surface area contributed by atoms with Crippen LogP contribution in [0.1, 0.15) is 90.9 Å². The van der Waals surface area contributed by atoms with E-state index in [0.29, 0.717) is 24.5 Å². The van der Waals surface area contributed by atoms with E-state index in [0.717, 1.165) is 24.0 Å². The molecule has 0 spiro atoms. The molecule has 0 aliphatic carbocycles. The zero-order chi connectivity index (χ0) is 19.0. The first kappa shape index (κ1) is 22.3. The van der Waals surface area contributed by atoms with Gasteiger partial charge in [0.05, 0.1) is 6.61 Å². The Hall–Kier alpha value is -1.72. The molecule has 1 aromatic heterocycles. The summed E-state index contributed by atoms with van der Waals surface area (Å²) in [4.78, 5) is 8.45. The predicted molar refractivity (Wildman–Crippen MR) is 107 cm³/mol. The number of aromatic nitrogens is 2. The van der Waals surface area contributed by atoms with E-state index >= 15 is 0 Å². The highest BCUT2D eigenvalue weighted by Crippen LogP contribution is 2.10. The summed E-state index contributed by atoms with van der Waals surface area (Å²) in [6, 6.07) is 1.64. The van der Waals surface area contributed by atoms with Crippen LogP contribution in [0.25, 0.3) is 0 Å². The van der Waals surface area contributed by atoms with Gasteiger partial charge >= 0.3 is 0 Å². The van der Waals surface area contributed by atoms with Crippen LogP contribution in [0, 0.1) is 0 Å². The first-order chi connectivity index (χ1) is 12.7. The smallest absolute Gasteiger partial charge is 0.239 e. The molecule has 0 fully saturated rings. The van der Waals surface area contributed by atoms with Crippen molar-refractivity contribution in [3.8, 4) is 5.88 Å². The van der Waals surface area contributed by atoms with Gasteiger partial charge < -0.3 is 15.7 Å². The second-order valence-electron chi connectivity index (χ2n) is 6.89. The Kier molecular flexibility index (Phi) is 12.4. The molecular formula is C20H38N4O2. The number of unbranched alkanes of at least 4 members (excludes halogenated alkanes) is 10. The Morgan fingerprint density at radius 2 is 1.54 bits per heavy atom. The van der Waals surface area contributed by atoms with E-state index in [9.17, 15) is 5.21 Å². The number of hydrogen-bond acceptors (Lipinski definition) is 5. The summed E-state index contributed by atoms with van der Waals surface area (Å²) in [5, 5.41) is 9.93. The molecule has 0 saturated carbocycles. The number of ether oxygens (including phenoxy) is 1. The molecule has 0 aliphatic rings. The number of hydrogen-bond donors (Lipinski definition) is 2. The molecule has 0 radical (unpaired) electrons. The molecule has 0 unspecified atom stereocenters. The first-order valence-electron chi connectivity index (χ1n) is 10.4. The molecule has 1 aromatic rings. The van der Waals surface area contributed by atoms with Crippen LogP contribution < -0.4 is 16.0 Å². The minimum atomic E-state index is 0.000761. The molecule has 1 heterocycles. The Labute approximate surface area is 158 Å². The van der Waals surface area contributed by atoms with Gasteiger partial charge in [-0.3, -0.25) is 4.99 Å². The van der Waals surface area contributed by atoms with E-state index in [4.69, 9.17) is 10.5 Å². The normalized spacial score (nSPS) is 11.8. The highest BCUT2D eigenvalue weighted by Gasteiger charge is 2.04. The standard InChI is InChI=1S/C20H38N4O2/c1-3-5-7-8-9-10-11-12-13-14-15-22-18-17-19(26-16-6-4-2)23-20(21)24(18)25/h17,25H,3-16H2,1-2H3,(H2,21,23). The fourth-order valence-corrected chi connectivity index (χ4v) is 2.78. The van der Waals surface area contributed by atoms with Crippen LogP contribution in [-0.2, 0) is 0 Å². The average molecular weight is 367 g/mol. The molecule has 1 rings (SSSR count). The van der Waals surface area contributed by atoms with Gasteiger partial charge in [-0.1, -0.05) is 78.1 Å². The molecule has 0 bridgehead atoms. The Morgan fingerprint density at radius 1 is 0.962 bits per heavy atom. The van der Waals surface area contributed by atoms with Gasteiger partial charge in [0.25, 0.3) is 0 Å². The zero-order valence-corrected chi connectivity index (χ0v) is 16.8. The molecule has 0 aliphatic heterocycles. The van der Waals surface area contributed by atoms with Crippen LogP contribution in [0.15, 0.2) is 11.1 Å². The van der Waals surface area contributed by atoms with Crippen molar-refractivity contribution in [1.82, 2.24) is 9.71 Å². The third-order valence-corrected chi connectivity index (χ3v) is 4.44. The molecule has 6 heteroatoms. The molecule has 6 nitrogen and oxygen atoms in total. The highest BCUT2D eigenvalue weighted by molar-refractivity contribution is 5.21. The fraction of sp³-hybridized carbons (Fsp3) is 0.800. The summed E-state index contributed by atoms with van der Waals surface area (Å²) in [5.41, 5.74) is 6.12. The molecule has 26 heavy (non-hydrogen) atoms. The molecule has 3 N–H and O–H groups in total. The molecule has 0 atom stereocenters. The molecule has 0 saturated heterocycles. The lowest BCUT2D eigenvalue weighted by Gasteiger charge is -2.07. The third kappa shape index (κ3) is 9.68. The van der Waals surface area contributed by atoms with Crippen LogP contribution in [-0.4, -0.2) is 28.1 Å². The van der Waals surface area contributed by atoms with Gasteiger partial charge in [0.1, 0.15) is 0 Å². The summed E-state index contributed by atoms with van der Waals surface area (Å²) in [6.45, 7) is 5.63. The summed E-state index contributed by atoms with van der Waals surface area (Å²) >= 11 is 0. The van der Waals surface area contributed by atoms with Gasteiger partial charge in [-0.15, -0.1) is 4.73 Å². The maximum Gasteiger partial charge on any atom is 0.239 e. The van der Waals surface area contributed by atoms with Crippen molar-refractivity contribution in [1.29, 1.82) is 0 Å². The number of nitrogens with two attached hydrogens (primary N) is 1. The largest absolute Gasteiger partial charge is 0.477 e. The Bertz CT molecular complexity index is 543. The lowest BCUT2D eigenvalue weighted by atomic mass is 10.1. The molecule has 0 aromatic carbocycles. The van der Waals surface area contributed by atoms with Crippen molar-refractivity contribution in [3.63, 3.8) is 0 Å². The summed E-state index contributed by atoms with van der Waals surface area (Å²) in [7, 11) is 0. The van der Waals surface area contributed by atoms with E-state index in [1.54, 1.807) is 6.07 Å². The quantitative estimate of drug-likeness (QED) is 0.348. The van der Waals surface area contributed by atoms with E-state index in [2.05, 4.69) is 23.8 Å². The lowest BCUT2D eigenvalue weighted by molar-refractivity contribution is 0.171. The molecular weight excluding hydrogens is 328 g/mol. The summed E-state index contributed by atoms with van der Waals surface area (Å²) in [5.74, 6) is 0.420. The van der Waals surface area contributed by atoms with Gasteiger partial charge in [-0.2, -0.15) is 4.98 Å². The van der Waals surface area contributed by atoms with Gasteiger partial charge in [-0.05, 0) is 12.8 Å². The summed E-state index contributed by atoms with van der Waals surface area (Å²) < 4.78 is 6.38. The van der Waals surface area contributed by atoms with Crippen molar-refractivity contribution in [3.05, 3.63) is 11.6 Å². The van der Waals surface area contributed by atoms with Gasteiger partial charge in [-0.25, -0.2) is 0 Å². The Morgan fingerprint density at radius 3 is 2.15 bits per heavy atom. The Balaban J connectivity index is 2.27. The number of anilines is 1. The minimum absolute atomic E-state index is 0.000761. The van der Waals surface area contributed by atoms with Crippen molar-refractivity contribution in [2.24, 2.45) is 4.99 Å². The number of rotatable bonds is 15. The first-order valence-corrected chi connectivity index (χ1v) is 10.4. The zero-order valence-electron chi connectivity index (χ0n) is 16.8. The van der Waals surface area contributed by atoms with E-state index in [1.807, 2.05) is 0 Å². The van der Waals surface area contributed by atoms with E-state index in [1.165, 1.54) is 57.8 Å². The number of nitrogens with zero attached hydrogens (tertiary/aromatic N) is 3. The highest BCUT2D eigenvalue weighted by atomic mass is 16.5. The van der Waals surface area contributed by atoms with Gasteiger partial charge in [0.15, 0.2) is 5.49 Å². The maximum absolute atomic E-state index is 9.93. The fourth-order valence-electron chi connectivity index (χ4n) is 2.78. The van der Waals surface area contributed by atoms with Crippen LogP contribution >= 0.6 is 0 Å². The SMILES string of the molecule is CCCCCCCCCCCCN=c1cc(OCCCC)nc(N)n1O. The predicted octanol–water partition coefficient (Wildman–Crippen LogP) is 4.70. The van der Waals surface area contributed by atoms with E-state index in [-0.39, 0.29) is 5.95 Å². The average Bonchev–Trinajstić information content (AvgIpc) is 2.63. The molecule has 150 valence electrons. The second kappa shape index (κ2) is 14.4. The van der Waals surface area contributed by atoms with Crippen molar-refractivity contribution in [2.45, 2.75) is 90.9 Å². The van der Waals surface area contributed by atoms with Crippen molar-refractivity contribution < 1.29 is 9.94 Å². The topological polar surface area (TPSA) is 85.7 Å². The van der Waals surface area contributed by atoms with E-state index < -0.39 is 0 Å². The van der Waals surface area contributed by atoms with Crippen LogP contribution in [0.3, 0.4) is 0 Å². The van der Waals surface area contributed by atoms with Crippen LogP contribution in [0.2, 0.25) is 0 Å². The van der Waals surface area contributed by atoms with Gasteiger partial charge in [0.2, 0.25) is 11.8 Å². The molecule has 0 amide bonds. The van der Waals surface area contributed by atoms with Crippen LogP contribution in [0.5, 0.6) is 5.88 Å². The monoisotopic (exact) mass is 366 g/mol. The summed E-state index contributed by atoms with van der Waals surface area (Å²) in [6.07, 6.45) is 14.9. The van der Waals surface area contributed by atoms with Crippen LogP contribution in [0.4, 0.5) is 5.95 Å². The third-order valence-electron chi connectivity index (χ3n) is 4.44.